The van der Waals surface area contributed by atoms with E-state index in [9.17, 15) is 4.79 Å². The van der Waals surface area contributed by atoms with E-state index in [1.807, 2.05) is 0 Å². The highest BCUT2D eigenvalue weighted by molar-refractivity contribution is 14.1. The molecule has 0 aliphatic carbocycles. The fourth-order valence-electron chi connectivity index (χ4n) is 1.05. The van der Waals surface area contributed by atoms with Gasteiger partial charge in [0.25, 0.3) is 5.56 Å². The number of nitrogens with one attached hydrogen (secondary N) is 1. The van der Waals surface area contributed by atoms with Crippen molar-refractivity contribution in [1.29, 1.82) is 0 Å². The van der Waals surface area contributed by atoms with Gasteiger partial charge in [0.2, 0.25) is 5.95 Å². The van der Waals surface area contributed by atoms with Gasteiger partial charge in [-0.25, -0.2) is 4.99 Å². The van der Waals surface area contributed by atoms with E-state index < -0.39 is 0 Å². The van der Waals surface area contributed by atoms with Crippen molar-refractivity contribution < 1.29 is 0 Å². The summed E-state index contributed by atoms with van der Waals surface area (Å²) in [6.45, 7) is 0. The van der Waals surface area contributed by atoms with Crippen molar-refractivity contribution in [2.75, 3.05) is 5.73 Å². The third-order valence-corrected chi connectivity index (χ3v) is 2.50. The number of halogens is 1. The molecule has 1 atom stereocenters. The Hall–Kier alpha value is -0.920. The molecule has 0 spiro atoms. The van der Waals surface area contributed by atoms with E-state index in [1.54, 1.807) is 6.21 Å². The number of nitrogens with zero attached hydrogens (tertiary/aromatic N) is 2. The van der Waals surface area contributed by atoms with Gasteiger partial charge in [-0.1, -0.05) is 22.6 Å². The predicted molar refractivity (Wildman–Crippen MR) is 54.2 cm³/mol. The molecule has 6 heteroatoms. The van der Waals surface area contributed by atoms with Gasteiger partial charge in [0.15, 0.2) is 5.82 Å². The molecular weight excluding hydrogens is 271 g/mol. The van der Waals surface area contributed by atoms with Crippen LogP contribution in [-0.2, 0) is 0 Å². The molecule has 1 aromatic rings. The third-order valence-electron chi connectivity index (χ3n) is 1.56. The number of nitrogens with two attached hydrogens (primary N) is 1. The van der Waals surface area contributed by atoms with Crippen molar-refractivity contribution in [3.8, 4) is 0 Å². The Labute approximate surface area is 81.3 Å². The van der Waals surface area contributed by atoms with Crippen molar-refractivity contribution in [1.82, 2.24) is 9.97 Å². The first-order chi connectivity index (χ1) is 5.68. The second kappa shape index (κ2) is 2.54. The molecule has 1 aromatic heterocycles. The number of H-pyrrole nitrogens is 1. The Kier molecular flexibility index (Phi) is 1.63. The number of aliphatic imine (C=N–C) groups is 1. The molecule has 0 bridgehead atoms. The summed E-state index contributed by atoms with van der Waals surface area (Å²) in [6, 6.07) is 0. The molecule has 3 N–H and O–H groups in total. The van der Waals surface area contributed by atoms with Crippen molar-refractivity contribution in [2.45, 2.75) is 3.92 Å². The summed E-state index contributed by atoms with van der Waals surface area (Å²) in [6.07, 6.45) is 1.67. The van der Waals surface area contributed by atoms with Crippen LogP contribution in [0, 0.1) is 0 Å². The lowest BCUT2D eigenvalue weighted by molar-refractivity contribution is 1.09. The number of hydrogen-bond acceptors (Lipinski definition) is 4. The molecule has 0 radical (unpaired) electrons. The number of rotatable bonds is 0. The lowest BCUT2D eigenvalue weighted by atomic mass is 10.3. The largest absolute Gasteiger partial charge is 0.369 e. The third kappa shape index (κ3) is 1.02. The predicted octanol–water partition coefficient (Wildman–Crippen LogP) is 0.544. The van der Waals surface area contributed by atoms with Crippen molar-refractivity contribution in [3.05, 3.63) is 15.9 Å². The van der Waals surface area contributed by atoms with Crippen molar-refractivity contribution in [2.24, 2.45) is 4.99 Å². The maximum atomic E-state index is 11.3. The van der Waals surface area contributed by atoms with Gasteiger partial charge in [0, 0.05) is 6.21 Å². The smallest absolute Gasteiger partial charge is 0.259 e. The van der Waals surface area contributed by atoms with Crippen molar-refractivity contribution >= 4 is 40.6 Å². The average Bonchev–Trinajstić information content (AvgIpc) is 2.31. The summed E-state index contributed by atoms with van der Waals surface area (Å²) < 4.78 is 0.00875. The zero-order valence-electron chi connectivity index (χ0n) is 5.91. The summed E-state index contributed by atoms with van der Waals surface area (Å²) in [7, 11) is 0. The highest BCUT2D eigenvalue weighted by Crippen LogP contribution is 2.31. The minimum absolute atomic E-state index is 0.00875. The number of fused-ring (bicyclic) bond motifs is 1. The Morgan fingerprint density at radius 2 is 2.42 bits per heavy atom. The van der Waals surface area contributed by atoms with Crippen LogP contribution in [0.15, 0.2) is 9.79 Å². The molecule has 1 aliphatic heterocycles. The zero-order chi connectivity index (χ0) is 8.72. The highest BCUT2D eigenvalue weighted by atomic mass is 127. The minimum Gasteiger partial charge on any atom is -0.369 e. The Morgan fingerprint density at radius 1 is 1.67 bits per heavy atom. The molecule has 2 heterocycles. The highest BCUT2D eigenvalue weighted by Gasteiger charge is 2.21. The van der Waals surface area contributed by atoms with Crippen LogP contribution in [0.25, 0.3) is 0 Å². The van der Waals surface area contributed by atoms with Gasteiger partial charge in [-0.3, -0.25) is 9.78 Å². The zero-order valence-corrected chi connectivity index (χ0v) is 8.07. The van der Waals surface area contributed by atoms with Gasteiger partial charge in [0.1, 0.15) is 0 Å². The number of anilines is 1. The van der Waals surface area contributed by atoms with E-state index in [4.69, 9.17) is 5.73 Å². The Morgan fingerprint density at radius 3 is 3.17 bits per heavy atom. The average molecular weight is 276 g/mol. The van der Waals surface area contributed by atoms with E-state index in [0.717, 1.165) is 0 Å². The van der Waals surface area contributed by atoms with Gasteiger partial charge in [-0.05, 0) is 0 Å². The maximum absolute atomic E-state index is 11.3. The number of aromatic amines is 1. The van der Waals surface area contributed by atoms with Crippen LogP contribution < -0.4 is 11.3 Å². The van der Waals surface area contributed by atoms with Crippen LogP contribution in [-0.4, -0.2) is 16.2 Å². The normalized spacial score (nSPS) is 19.6. The number of nitrogen functional groups attached to an aromatic ring is 1. The fourth-order valence-corrected chi connectivity index (χ4v) is 1.77. The molecule has 1 unspecified atom stereocenters. The van der Waals surface area contributed by atoms with Crippen LogP contribution in [0.5, 0.6) is 0 Å². The first-order valence-corrected chi connectivity index (χ1v) is 4.51. The summed E-state index contributed by atoms with van der Waals surface area (Å²) in [5.74, 6) is 0.553. The van der Waals surface area contributed by atoms with Crippen LogP contribution in [0.3, 0.4) is 0 Å². The molecule has 2 rings (SSSR count). The van der Waals surface area contributed by atoms with E-state index in [-0.39, 0.29) is 15.4 Å². The van der Waals surface area contributed by atoms with Gasteiger partial charge < -0.3 is 5.73 Å². The monoisotopic (exact) mass is 276 g/mol. The Balaban J connectivity index is 2.75. The molecular formula is C6H5IN4O. The topological polar surface area (TPSA) is 84.1 Å². The molecule has 5 nitrogen and oxygen atoms in total. The van der Waals surface area contributed by atoms with E-state index in [1.165, 1.54) is 0 Å². The molecule has 0 saturated carbocycles. The van der Waals surface area contributed by atoms with E-state index in [0.29, 0.717) is 11.4 Å². The number of alkyl halides is 1. The van der Waals surface area contributed by atoms with Gasteiger partial charge >= 0.3 is 0 Å². The van der Waals surface area contributed by atoms with Gasteiger partial charge in [0.05, 0.1) is 9.49 Å². The van der Waals surface area contributed by atoms with Crippen LogP contribution in [0.4, 0.5) is 11.8 Å². The van der Waals surface area contributed by atoms with Gasteiger partial charge in [-0.2, -0.15) is 4.98 Å². The molecule has 12 heavy (non-hydrogen) atoms. The summed E-state index contributed by atoms with van der Waals surface area (Å²) >= 11 is 2.11. The second-order valence-corrected chi connectivity index (χ2v) is 3.71. The van der Waals surface area contributed by atoms with Crippen LogP contribution in [0.2, 0.25) is 0 Å². The SMILES string of the molecule is Nc1nc2c(c(=O)[nH]1)C(I)C=N2. The first kappa shape index (κ1) is 7.71. The molecule has 62 valence electrons. The molecule has 0 fully saturated rings. The summed E-state index contributed by atoms with van der Waals surface area (Å²) in [5, 5.41) is 0. The number of aromatic nitrogens is 2. The lowest BCUT2D eigenvalue weighted by Gasteiger charge is -1.98. The molecule has 1 aliphatic rings. The Bertz CT molecular complexity index is 410. The first-order valence-electron chi connectivity index (χ1n) is 3.26. The van der Waals surface area contributed by atoms with E-state index >= 15 is 0 Å². The summed E-state index contributed by atoms with van der Waals surface area (Å²) in [4.78, 5) is 21.6. The number of hydrogen-bond donors (Lipinski definition) is 2. The van der Waals surface area contributed by atoms with Crippen LogP contribution in [0.1, 0.15) is 9.49 Å². The van der Waals surface area contributed by atoms with E-state index in [2.05, 4.69) is 37.6 Å². The quantitative estimate of drug-likeness (QED) is 0.536. The fraction of sp³-hybridized carbons (Fsp3) is 0.167. The minimum atomic E-state index is -0.200. The molecule has 0 amide bonds. The maximum Gasteiger partial charge on any atom is 0.259 e. The second-order valence-electron chi connectivity index (χ2n) is 2.37. The standard InChI is InChI=1S/C6H5IN4O/c7-2-1-9-4-3(2)5(12)11-6(8)10-4/h1-2H,(H3,8,10,11,12). The summed E-state index contributed by atoms with van der Waals surface area (Å²) in [5.41, 5.74) is 5.72. The van der Waals surface area contributed by atoms with Gasteiger partial charge in [-0.15, -0.1) is 0 Å². The lowest BCUT2D eigenvalue weighted by Crippen LogP contribution is -2.15. The molecule has 0 aromatic carbocycles. The van der Waals surface area contributed by atoms with Crippen LogP contribution >= 0.6 is 22.6 Å². The van der Waals surface area contributed by atoms with Crippen molar-refractivity contribution in [3.63, 3.8) is 0 Å². The molecule has 0 saturated heterocycles.